The maximum absolute atomic E-state index is 5.65. The van der Waals surface area contributed by atoms with Crippen LogP contribution in [-0.2, 0) is 4.74 Å². The molecule has 1 saturated carbocycles. The SMILES string of the molecule is CC1CNCCN1CCOCC1CC1. The first-order valence-corrected chi connectivity index (χ1v) is 5.89. The lowest BCUT2D eigenvalue weighted by Gasteiger charge is -2.33. The average Bonchev–Trinajstić information content (AvgIpc) is 2.99. The van der Waals surface area contributed by atoms with Crippen LogP contribution in [-0.4, -0.2) is 50.3 Å². The molecule has 1 N–H and O–H groups in total. The van der Waals surface area contributed by atoms with Gasteiger partial charge in [-0.1, -0.05) is 0 Å². The van der Waals surface area contributed by atoms with Gasteiger partial charge in [0, 0.05) is 38.8 Å². The van der Waals surface area contributed by atoms with Gasteiger partial charge in [-0.15, -0.1) is 0 Å². The van der Waals surface area contributed by atoms with E-state index in [9.17, 15) is 0 Å². The van der Waals surface area contributed by atoms with Crippen LogP contribution in [0.15, 0.2) is 0 Å². The monoisotopic (exact) mass is 198 g/mol. The molecule has 1 heterocycles. The van der Waals surface area contributed by atoms with Crippen molar-refractivity contribution < 1.29 is 4.74 Å². The molecule has 0 bridgehead atoms. The molecule has 0 amide bonds. The quantitative estimate of drug-likeness (QED) is 0.658. The number of hydrogen-bond acceptors (Lipinski definition) is 3. The fraction of sp³-hybridized carbons (Fsp3) is 1.00. The smallest absolute Gasteiger partial charge is 0.0593 e. The third kappa shape index (κ3) is 3.23. The van der Waals surface area contributed by atoms with Gasteiger partial charge in [0.05, 0.1) is 6.61 Å². The van der Waals surface area contributed by atoms with E-state index in [2.05, 4.69) is 17.1 Å². The minimum absolute atomic E-state index is 0.674. The molecule has 1 atom stereocenters. The van der Waals surface area contributed by atoms with Gasteiger partial charge in [-0.3, -0.25) is 4.90 Å². The van der Waals surface area contributed by atoms with E-state index in [1.54, 1.807) is 0 Å². The van der Waals surface area contributed by atoms with Crippen molar-refractivity contribution in [1.82, 2.24) is 10.2 Å². The first kappa shape index (κ1) is 10.4. The molecular formula is C11H22N2O. The summed E-state index contributed by atoms with van der Waals surface area (Å²) in [4.78, 5) is 2.52. The first-order chi connectivity index (χ1) is 6.86. The molecule has 0 aromatic heterocycles. The molecule has 1 saturated heterocycles. The van der Waals surface area contributed by atoms with Crippen LogP contribution in [0.25, 0.3) is 0 Å². The van der Waals surface area contributed by atoms with Gasteiger partial charge < -0.3 is 10.1 Å². The molecule has 1 aliphatic heterocycles. The lowest BCUT2D eigenvalue weighted by Crippen LogP contribution is -2.50. The normalized spacial score (nSPS) is 29.4. The Hall–Kier alpha value is -0.120. The number of nitrogens with zero attached hydrogens (tertiary/aromatic N) is 1. The van der Waals surface area contributed by atoms with E-state index in [0.717, 1.165) is 38.8 Å². The maximum atomic E-state index is 5.65. The van der Waals surface area contributed by atoms with Crippen molar-refractivity contribution in [3.63, 3.8) is 0 Å². The standard InChI is InChI=1S/C11H22N2O/c1-10-8-12-4-5-13(10)6-7-14-9-11-2-3-11/h10-12H,2-9H2,1H3. The Bertz CT molecular complexity index is 171. The van der Waals surface area contributed by atoms with E-state index < -0.39 is 0 Å². The minimum Gasteiger partial charge on any atom is -0.380 e. The summed E-state index contributed by atoms with van der Waals surface area (Å²) in [5.74, 6) is 0.899. The van der Waals surface area contributed by atoms with Crippen LogP contribution in [0.3, 0.4) is 0 Å². The maximum Gasteiger partial charge on any atom is 0.0593 e. The van der Waals surface area contributed by atoms with Crippen LogP contribution in [0.4, 0.5) is 0 Å². The Kier molecular flexibility index (Phi) is 3.79. The van der Waals surface area contributed by atoms with Crippen LogP contribution < -0.4 is 5.32 Å². The second-order valence-corrected chi connectivity index (χ2v) is 4.61. The van der Waals surface area contributed by atoms with E-state index in [4.69, 9.17) is 4.74 Å². The molecule has 0 radical (unpaired) electrons. The Labute approximate surface area is 86.8 Å². The van der Waals surface area contributed by atoms with Gasteiger partial charge in [0.15, 0.2) is 0 Å². The highest BCUT2D eigenvalue weighted by Crippen LogP contribution is 2.28. The van der Waals surface area contributed by atoms with Gasteiger partial charge in [-0.05, 0) is 25.7 Å². The number of piperazine rings is 1. The van der Waals surface area contributed by atoms with Crippen LogP contribution in [0.5, 0.6) is 0 Å². The summed E-state index contributed by atoms with van der Waals surface area (Å²) in [6.07, 6.45) is 2.79. The zero-order valence-electron chi connectivity index (χ0n) is 9.17. The number of ether oxygens (including phenoxy) is 1. The predicted molar refractivity (Wildman–Crippen MR) is 57.4 cm³/mol. The van der Waals surface area contributed by atoms with Crippen LogP contribution >= 0.6 is 0 Å². The largest absolute Gasteiger partial charge is 0.380 e. The third-order valence-electron chi connectivity index (χ3n) is 3.21. The molecule has 2 fully saturated rings. The topological polar surface area (TPSA) is 24.5 Å². The fourth-order valence-corrected chi connectivity index (χ4v) is 1.93. The average molecular weight is 198 g/mol. The summed E-state index contributed by atoms with van der Waals surface area (Å²) in [6, 6.07) is 0.674. The van der Waals surface area contributed by atoms with Crippen molar-refractivity contribution >= 4 is 0 Å². The Balaban J connectivity index is 1.53. The Morgan fingerprint density at radius 3 is 3.00 bits per heavy atom. The van der Waals surface area contributed by atoms with Crippen LogP contribution in [0, 0.1) is 5.92 Å². The molecule has 1 aliphatic carbocycles. The molecule has 82 valence electrons. The minimum atomic E-state index is 0.674. The molecule has 0 aromatic rings. The van der Waals surface area contributed by atoms with Gasteiger partial charge in [0.2, 0.25) is 0 Å². The Morgan fingerprint density at radius 1 is 1.43 bits per heavy atom. The lowest BCUT2D eigenvalue weighted by molar-refractivity contribution is 0.0758. The molecule has 14 heavy (non-hydrogen) atoms. The van der Waals surface area contributed by atoms with Crippen molar-refractivity contribution in [3.8, 4) is 0 Å². The zero-order valence-corrected chi connectivity index (χ0v) is 9.17. The molecular weight excluding hydrogens is 176 g/mol. The number of rotatable bonds is 5. The van der Waals surface area contributed by atoms with E-state index in [1.807, 2.05) is 0 Å². The molecule has 0 aromatic carbocycles. The highest BCUT2D eigenvalue weighted by molar-refractivity contribution is 4.76. The van der Waals surface area contributed by atoms with Gasteiger partial charge in [-0.25, -0.2) is 0 Å². The first-order valence-electron chi connectivity index (χ1n) is 5.89. The van der Waals surface area contributed by atoms with E-state index in [-0.39, 0.29) is 0 Å². The second kappa shape index (κ2) is 5.10. The van der Waals surface area contributed by atoms with Crippen molar-refractivity contribution in [2.75, 3.05) is 39.4 Å². The van der Waals surface area contributed by atoms with Crippen molar-refractivity contribution in [3.05, 3.63) is 0 Å². The van der Waals surface area contributed by atoms with E-state index in [1.165, 1.54) is 19.4 Å². The third-order valence-corrected chi connectivity index (χ3v) is 3.21. The highest BCUT2D eigenvalue weighted by Gasteiger charge is 2.21. The number of hydrogen-bond donors (Lipinski definition) is 1. The highest BCUT2D eigenvalue weighted by atomic mass is 16.5. The summed E-state index contributed by atoms with van der Waals surface area (Å²) < 4.78 is 5.65. The van der Waals surface area contributed by atoms with Crippen molar-refractivity contribution in [2.45, 2.75) is 25.8 Å². The summed E-state index contributed by atoms with van der Waals surface area (Å²) in [5, 5.41) is 3.40. The number of nitrogens with one attached hydrogen (secondary N) is 1. The van der Waals surface area contributed by atoms with Crippen molar-refractivity contribution in [1.29, 1.82) is 0 Å². The predicted octanol–water partition coefficient (Wildman–Crippen LogP) is 0.707. The van der Waals surface area contributed by atoms with Gasteiger partial charge >= 0.3 is 0 Å². The fourth-order valence-electron chi connectivity index (χ4n) is 1.93. The van der Waals surface area contributed by atoms with Crippen molar-refractivity contribution in [2.24, 2.45) is 5.92 Å². The van der Waals surface area contributed by atoms with Crippen LogP contribution in [0.2, 0.25) is 0 Å². The molecule has 3 nitrogen and oxygen atoms in total. The van der Waals surface area contributed by atoms with E-state index >= 15 is 0 Å². The summed E-state index contributed by atoms with van der Waals surface area (Å²) in [7, 11) is 0. The van der Waals surface area contributed by atoms with Crippen LogP contribution in [0.1, 0.15) is 19.8 Å². The Morgan fingerprint density at radius 2 is 2.29 bits per heavy atom. The molecule has 2 rings (SSSR count). The van der Waals surface area contributed by atoms with E-state index in [0.29, 0.717) is 6.04 Å². The molecule has 0 spiro atoms. The summed E-state index contributed by atoms with van der Waals surface area (Å²) >= 11 is 0. The second-order valence-electron chi connectivity index (χ2n) is 4.61. The molecule has 1 unspecified atom stereocenters. The van der Waals surface area contributed by atoms with Gasteiger partial charge in [0.25, 0.3) is 0 Å². The summed E-state index contributed by atoms with van der Waals surface area (Å²) in [6.45, 7) is 8.74. The van der Waals surface area contributed by atoms with Gasteiger partial charge in [0.1, 0.15) is 0 Å². The van der Waals surface area contributed by atoms with Gasteiger partial charge in [-0.2, -0.15) is 0 Å². The summed E-state index contributed by atoms with van der Waals surface area (Å²) in [5.41, 5.74) is 0. The molecule has 2 aliphatic rings. The lowest BCUT2D eigenvalue weighted by atomic mass is 10.2. The molecule has 3 heteroatoms. The zero-order chi connectivity index (χ0) is 9.80.